The van der Waals surface area contributed by atoms with Crippen LogP contribution in [0.1, 0.15) is 0 Å². The van der Waals surface area contributed by atoms with E-state index in [0.717, 1.165) is 60.5 Å². The second kappa shape index (κ2) is 13.4. The van der Waals surface area contributed by atoms with Gasteiger partial charge in [-0.3, -0.25) is 0 Å². The second-order valence-electron chi connectivity index (χ2n) is 16.8. The summed E-state index contributed by atoms with van der Waals surface area (Å²) < 4.78 is 9.16. The van der Waals surface area contributed by atoms with Crippen LogP contribution in [-0.2, 0) is 0 Å². The summed E-state index contributed by atoms with van der Waals surface area (Å²) >= 11 is 0. The quantitative estimate of drug-likeness (QED) is 0.166. The molecule has 0 saturated heterocycles. The van der Waals surface area contributed by atoms with Crippen LogP contribution in [0, 0.1) is 0 Å². The first-order valence-corrected chi connectivity index (χ1v) is 21.7. The molecule has 0 atom stereocenters. The number of hydrogen-bond acceptors (Lipinski definition) is 4. The summed E-state index contributed by atoms with van der Waals surface area (Å²) in [7, 11) is 0. The summed E-state index contributed by atoms with van der Waals surface area (Å²) in [5.41, 5.74) is 7.79. The first-order valence-electron chi connectivity index (χ1n) is 21.7. The fourth-order valence-corrected chi connectivity index (χ4v) is 10.1. The smallest absolute Gasteiger partial charge is 0.164 e. The van der Waals surface area contributed by atoms with Gasteiger partial charge in [-0.1, -0.05) is 152 Å². The van der Waals surface area contributed by atoms with E-state index in [-0.39, 0.29) is 0 Å². The van der Waals surface area contributed by atoms with Gasteiger partial charge in [-0.05, 0) is 108 Å². The number of benzene rings is 11. The number of aromatic nitrogens is 4. The molecule has 0 unspecified atom stereocenters. The zero-order chi connectivity index (χ0) is 41.9. The minimum absolute atomic E-state index is 0.586. The van der Waals surface area contributed by atoms with Crippen molar-refractivity contribution in [1.29, 1.82) is 0 Å². The summed E-state index contributed by atoms with van der Waals surface area (Å²) in [5, 5.41) is 16.6. The Morgan fingerprint density at radius 1 is 0.297 bits per heavy atom. The van der Waals surface area contributed by atoms with Crippen molar-refractivity contribution in [3.63, 3.8) is 0 Å². The maximum absolute atomic E-state index is 6.73. The molecule has 0 N–H and O–H groups in total. The lowest BCUT2D eigenvalue weighted by Gasteiger charge is -2.11. The van der Waals surface area contributed by atoms with Gasteiger partial charge in [-0.2, -0.15) is 0 Å². The molecule has 0 aliphatic rings. The van der Waals surface area contributed by atoms with Crippen LogP contribution in [0.5, 0.6) is 0 Å². The SMILES string of the molecule is c1ccc(-c2nc(-c3ccc4c(c3)oc3ccc5ccc(-n6c7cc8ccccc8cc7c7c8ccccc8ccc76)cc5c34)nc(-c3ccc4ccc5ccccc5c4c3)n2)cc1. The van der Waals surface area contributed by atoms with Crippen LogP contribution in [0.25, 0.3) is 137 Å². The summed E-state index contributed by atoms with van der Waals surface area (Å²) in [6, 6.07) is 73.5. The zero-order valence-corrected chi connectivity index (χ0v) is 34.3. The molecule has 0 saturated carbocycles. The van der Waals surface area contributed by atoms with Crippen LogP contribution < -0.4 is 0 Å². The van der Waals surface area contributed by atoms with Crippen LogP contribution in [-0.4, -0.2) is 19.5 Å². The molecular weight excluding hydrogens is 781 g/mol. The van der Waals surface area contributed by atoms with E-state index in [1.807, 2.05) is 30.3 Å². The number of nitrogens with zero attached hydrogens (tertiary/aromatic N) is 4. The fraction of sp³-hybridized carbons (Fsp3) is 0. The molecular formula is C59H34N4O. The minimum atomic E-state index is 0.586. The van der Waals surface area contributed by atoms with E-state index in [1.54, 1.807) is 0 Å². The Hall–Kier alpha value is -8.67. The minimum Gasteiger partial charge on any atom is -0.456 e. The largest absolute Gasteiger partial charge is 0.456 e. The van der Waals surface area contributed by atoms with E-state index in [4.69, 9.17) is 19.4 Å². The van der Waals surface area contributed by atoms with Crippen molar-refractivity contribution in [2.45, 2.75) is 0 Å². The van der Waals surface area contributed by atoms with Crippen molar-refractivity contribution in [2.75, 3.05) is 0 Å². The highest BCUT2D eigenvalue weighted by molar-refractivity contribution is 6.24. The van der Waals surface area contributed by atoms with Crippen LogP contribution >= 0.6 is 0 Å². The summed E-state index contributed by atoms with van der Waals surface area (Å²) in [6.45, 7) is 0. The molecule has 5 nitrogen and oxygen atoms in total. The second-order valence-corrected chi connectivity index (χ2v) is 16.8. The van der Waals surface area contributed by atoms with Crippen molar-refractivity contribution in [1.82, 2.24) is 19.5 Å². The predicted molar refractivity (Wildman–Crippen MR) is 265 cm³/mol. The highest BCUT2D eigenvalue weighted by Gasteiger charge is 2.19. The molecule has 0 bridgehead atoms. The number of hydrogen-bond donors (Lipinski definition) is 0. The molecule has 64 heavy (non-hydrogen) atoms. The Morgan fingerprint density at radius 3 is 1.69 bits per heavy atom. The average molecular weight is 815 g/mol. The Bertz CT molecular complexity index is 4260. The third-order valence-electron chi connectivity index (χ3n) is 13.1. The topological polar surface area (TPSA) is 56.7 Å². The molecule has 296 valence electrons. The Balaban J connectivity index is 0.949. The molecule has 0 amide bonds. The Kier molecular flexibility index (Phi) is 7.33. The van der Waals surface area contributed by atoms with E-state index in [1.165, 1.54) is 59.5 Å². The fourth-order valence-electron chi connectivity index (χ4n) is 10.1. The first kappa shape index (κ1) is 35.0. The van der Waals surface area contributed by atoms with Crippen LogP contribution in [0.3, 0.4) is 0 Å². The molecule has 14 aromatic rings. The van der Waals surface area contributed by atoms with Gasteiger partial charge in [0.05, 0.1) is 11.0 Å². The van der Waals surface area contributed by atoms with Gasteiger partial charge in [-0.15, -0.1) is 0 Å². The van der Waals surface area contributed by atoms with Crippen molar-refractivity contribution >= 4 is 97.6 Å². The third-order valence-corrected chi connectivity index (χ3v) is 13.1. The van der Waals surface area contributed by atoms with E-state index in [9.17, 15) is 0 Å². The van der Waals surface area contributed by atoms with Gasteiger partial charge < -0.3 is 8.98 Å². The number of rotatable bonds is 4. The molecule has 11 aromatic carbocycles. The predicted octanol–water partition coefficient (Wildman–Crippen LogP) is 15.6. The van der Waals surface area contributed by atoms with E-state index < -0.39 is 0 Å². The van der Waals surface area contributed by atoms with Crippen LogP contribution in [0.15, 0.2) is 211 Å². The average Bonchev–Trinajstić information content (AvgIpc) is 3.91. The zero-order valence-electron chi connectivity index (χ0n) is 34.3. The van der Waals surface area contributed by atoms with Gasteiger partial charge in [0.15, 0.2) is 17.5 Å². The van der Waals surface area contributed by atoms with Gasteiger partial charge in [0.25, 0.3) is 0 Å². The van der Waals surface area contributed by atoms with Gasteiger partial charge in [0, 0.05) is 43.9 Å². The van der Waals surface area contributed by atoms with Crippen molar-refractivity contribution in [2.24, 2.45) is 0 Å². The molecule has 3 aromatic heterocycles. The number of fused-ring (bicyclic) bond motifs is 14. The standard InChI is InChI=1S/C59H34N4O/c1-2-12-39(13-3-1)57-60-58(42-21-20-37-19-18-35-10-6-8-16-45(35)48(37)31-42)62-59(61-57)43-23-27-47-54(33-43)64-53-29-25-38-22-26-44(34-49(38)56(47)53)63-51-28-24-36-11-7-9-17-46(36)55(51)50-30-40-14-4-5-15-41(40)32-52(50)63/h1-34H. The Morgan fingerprint density at radius 2 is 0.875 bits per heavy atom. The molecule has 5 heteroatoms. The number of furan rings is 1. The van der Waals surface area contributed by atoms with E-state index in [0.29, 0.717) is 17.5 Å². The van der Waals surface area contributed by atoms with Gasteiger partial charge in [0.1, 0.15) is 11.2 Å². The normalized spacial score (nSPS) is 12.1. The molecule has 14 rings (SSSR count). The van der Waals surface area contributed by atoms with Gasteiger partial charge in [-0.25, -0.2) is 15.0 Å². The lowest BCUT2D eigenvalue weighted by molar-refractivity contribution is 0.669. The lowest BCUT2D eigenvalue weighted by atomic mass is 10.00. The van der Waals surface area contributed by atoms with Crippen LogP contribution in [0.4, 0.5) is 0 Å². The van der Waals surface area contributed by atoms with Crippen molar-refractivity contribution in [3.05, 3.63) is 206 Å². The summed E-state index contributed by atoms with van der Waals surface area (Å²) in [6.07, 6.45) is 0. The molecule has 0 aliphatic heterocycles. The molecule has 0 spiro atoms. The molecule has 0 radical (unpaired) electrons. The first-order chi connectivity index (χ1) is 31.7. The van der Waals surface area contributed by atoms with Gasteiger partial charge >= 0.3 is 0 Å². The molecule has 3 heterocycles. The van der Waals surface area contributed by atoms with Crippen molar-refractivity contribution < 1.29 is 4.42 Å². The maximum Gasteiger partial charge on any atom is 0.164 e. The van der Waals surface area contributed by atoms with Crippen LogP contribution in [0.2, 0.25) is 0 Å². The molecule has 0 fully saturated rings. The lowest BCUT2D eigenvalue weighted by Crippen LogP contribution is -2.00. The molecule has 0 aliphatic carbocycles. The third kappa shape index (κ3) is 5.28. The highest BCUT2D eigenvalue weighted by atomic mass is 16.3. The summed E-state index contributed by atoms with van der Waals surface area (Å²) in [5.74, 6) is 1.82. The monoisotopic (exact) mass is 814 g/mol. The Labute approximate surface area is 366 Å². The van der Waals surface area contributed by atoms with Crippen molar-refractivity contribution in [3.8, 4) is 39.9 Å². The van der Waals surface area contributed by atoms with Gasteiger partial charge in [0.2, 0.25) is 0 Å². The van der Waals surface area contributed by atoms with E-state index in [2.05, 4.69) is 180 Å². The van der Waals surface area contributed by atoms with E-state index >= 15 is 0 Å². The summed E-state index contributed by atoms with van der Waals surface area (Å²) in [4.78, 5) is 15.3. The highest BCUT2D eigenvalue weighted by Crippen LogP contribution is 2.42. The maximum atomic E-state index is 6.73.